The van der Waals surface area contributed by atoms with Crippen molar-refractivity contribution in [1.29, 1.82) is 0 Å². The fourth-order valence-corrected chi connectivity index (χ4v) is 4.93. The number of β-amino-alcohol motifs (C(OH)–C–C–N with tert-alkyl or cyclic N) is 1. The minimum Gasteiger partial charge on any atom is -0.396 e. The molecule has 3 rings (SSSR count). The first-order valence-electron chi connectivity index (χ1n) is 11.7. The summed E-state index contributed by atoms with van der Waals surface area (Å²) in [5, 5.41) is 24.8. The second kappa shape index (κ2) is 11.3. The van der Waals surface area contributed by atoms with Gasteiger partial charge in [-0.05, 0) is 23.5 Å². The van der Waals surface area contributed by atoms with Crippen molar-refractivity contribution in [3.8, 4) is 10.4 Å². The van der Waals surface area contributed by atoms with E-state index in [1.165, 1.54) is 4.90 Å². The zero-order chi connectivity index (χ0) is 25.8. The number of hydrogen-bond donors (Lipinski definition) is 4. The highest BCUT2D eigenvalue weighted by atomic mass is 32.1. The fourth-order valence-electron chi connectivity index (χ4n) is 4.12. The molecule has 1 aliphatic rings. The average molecular weight is 503 g/mol. The number of aryl methyl sites for hydroxylation is 1. The number of carbonyl (C=O) groups excluding carboxylic acids is 3. The van der Waals surface area contributed by atoms with E-state index in [1.807, 2.05) is 57.5 Å². The molecule has 190 valence electrons. The Balaban J connectivity index is 1.67. The van der Waals surface area contributed by atoms with Crippen LogP contribution in [0.5, 0.6) is 0 Å². The molecule has 0 bridgehead atoms. The lowest BCUT2D eigenvalue weighted by molar-refractivity contribution is -0.144. The molecule has 10 heteroatoms. The van der Waals surface area contributed by atoms with Crippen LogP contribution in [0.25, 0.3) is 10.4 Å². The number of thiazole rings is 1. The molecule has 3 unspecified atom stereocenters. The molecule has 0 aliphatic carbocycles. The van der Waals surface area contributed by atoms with Crippen molar-refractivity contribution in [2.24, 2.45) is 5.41 Å². The number of aromatic nitrogens is 1. The Morgan fingerprint density at radius 3 is 2.49 bits per heavy atom. The SMILES string of the molecule is Cc1ncsc1-c1ccc(CNC(=O)C2CC(O)CN2C(=O)C(NC(=O)CCO)C(C)(C)C)cc1. The first kappa shape index (κ1) is 26.8. The molecule has 2 heterocycles. The van der Waals surface area contributed by atoms with E-state index in [9.17, 15) is 19.5 Å². The van der Waals surface area contributed by atoms with Crippen LogP contribution >= 0.6 is 11.3 Å². The van der Waals surface area contributed by atoms with E-state index in [1.54, 1.807) is 11.3 Å². The van der Waals surface area contributed by atoms with Crippen LogP contribution in [0, 0.1) is 12.3 Å². The van der Waals surface area contributed by atoms with Gasteiger partial charge in [0.25, 0.3) is 0 Å². The zero-order valence-electron chi connectivity index (χ0n) is 20.6. The number of nitrogens with one attached hydrogen (secondary N) is 2. The van der Waals surface area contributed by atoms with Crippen LogP contribution in [0.4, 0.5) is 0 Å². The maximum absolute atomic E-state index is 13.4. The maximum atomic E-state index is 13.4. The standard InChI is InChI=1S/C25H34N4O5S/c1-15-21(35-14-27-15)17-7-5-16(6-8-17)12-26-23(33)19-11-18(31)13-29(19)24(34)22(25(2,3)4)28-20(32)9-10-30/h5-8,14,18-19,22,30-31H,9-13H2,1-4H3,(H,26,33)(H,28,32). The molecular formula is C25H34N4O5S. The summed E-state index contributed by atoms with van der Waals surface area (Å²) in [4.78, 5) is 45.3. The highest BCUT2D eigenvalue weighted by Gasteiger charge is 2.44. The Bertz CT molecular complexity index is 1050. The van der Waals surface area contributed by atoms with Crippen LogP contribution in [-0.2, 0) is 20.9 Å². The molecule has 1 aliphatic heterocycles. The number of nitrogens with zero attached hydrogens (tertiary/aromatic N) is 2. The Labute approximate surface area is 209 Å². The number of likely N-dealkylation sites (tertiary alicyclic amines) is 1. The Hall–Kier alpha value is -2.82. The number of carbonyl (C=O) groups is 3. The first-order chi connectivity index (χ1) is 16.5. The van der Waals surface area contributed by atoms with Crippen molar-refractivity contribution in [2.45, 2.75) is 65.3 Å². The molecule has 0 radical (unpaired) electrons. The third-order valence-electron chi connectivity index (χ3n) is 6.05. The first-order valence-corrected chi connectivity index (χ1v) is 12.5. The van der Waals surface area contributed by atoms with Gasteiger partial charge in [0.15, 0.2) is 0 Å². The minimum atomic E-state index is -0.898. The summed E-state index contributed by atoms with van der Waals surface area (Å²) in [6.07, 6.45) is -0.818. The molecular weight excluding hydrogens is 468 g/mol. The monoisotopic (exact) mass is 502 g/mol. The van der Waals surface area contributed by atoms with Gasteiger partial charge in [0.05, 0.1) is 28.8 Å². The van der Waals surface area contributed by atoms with E-state index in [0.717, 1.165) is 21.7 Å². The molecule has 1 aromatic heterocycles. The van der Waals surface area contributed by atoms with E-state index in [0.29, 0.717) is 0 Å². The van der Waals surface area contributed by atoms with Crippen LogP contribution in [0.1, 0.15) is 44.9 Å². The van der Waals surface area contributed by atoms with Crippen LogP contribution in [0.2, 0.25) is 0 Å². The summed E-state index contributed by atoms with van der Waals surface area (Å²) in [6.45, 7) is 7.38. The number of aliphatic hydroxyl groups excluding tert-OH is 2. The summed E-state index contributed by atoms with van der Waals surface area (Å²) in [5.41, 5.74) is 4.12. The quantitative estimate of drug-likeness (QED) is 0.434. The van der Waals surface area contributed by atoms with Crippen LogP contribution in [-0.4, -0.2) is 69.2 Å². The topological polar surface area (TPSA) is 132 Å². The molecule has 2 aromatic rings. The molecule has 1 aromatic carbocycles. The predicted molar refractivity (Wildman–Crippen MR) is 133 cm³/mol. The van der Waals surface area contributed by atoms with Gasteiger partial charge >= 0.3 is 0 Å². The minimum absolute atomic E-state index is 0.0161. The Morgan fingerprint density at radius 2 is 1.91 bits per heavy atom. The smallest absolute Gasteiger partial charge is 0.246 e. The number of hydrogen-bond acceptors (Lipinski definition) is 7. The van der Waals surface area contributed by atoms with Gasteiger partial charge in [-0.1, -0.05) is 45.0 Å². The lowest BCUT2D eigenvalue weighted by Crippen LogP contribution is -2.57. The molecule has 3 amide bonds. The van der Waals surface area contributed by atoms with Crippen LogP contribution < -0.4 is 10.6 Å². The van der Waals surface area contributed by atoms with Crippen molar-refractivity contribution in [3.05, 3.63) is 41.0 Å². The zero-order valence-corrected chi connectivity index (χ0v) is 21.4. The van der Waals surface area contributed by atoms with Gasteiger partial charge in [0.2, 0.25) is 17.7 Å². The Kier molecular flexibility index (Phi) is 8.63. The molecule has 35 heavy (non-hydrogen) atoms. The predicted octanol–water partition coefficient (Wildman–Crippen LogP) is 1.61. The highest BCUT2D eigenvalue weighted by Crippen LogP contribution is 2.28. The average Bonchev–Trinajstić information content (AvgIpc) is 3.40. The number of amides is 3. The number of benzene rings is 1. The summed E-state index contributed by atoms with van der Waals surface area (Å²) in [6, 6.07) is 6.11. The van der Waals surface area contributed by atoms with Crippen molar-refractivity contribution in [1.82, 2.24) is 20.5 Å². The molecule has 9 nitrogen and oxygen atoms in total. The van der Waals surface area contributed by atoms with Gasteiger partial charge in [-0.25, -0.2) is 4.98 Å². The Morgan fingerprint density at radius 1 is 1.23 bits per heavy atom. The number of aliphatic hydroxyl groups is 2. The van der Waals surface area contributed by atoms with Crippen molar-refractivity contribution in [3.63, 3.8) is 0 Å². The summed E-state index contributed by atoms with van der Waals surface area (Å²) in [5.74, 6) is -1.23. The van der Waals surface area contributed by atoms with Gasteiger partial charge in [-0.2, -0.15) is 0 Å². The second-order valence-electron chi connectivity index (χ2n) is 9.92. The van der Waals surface area contributed by atoms with E-state index in [4.69, 9.17) is 5.11 Å². The van der Waals surface area contributed by atoms with Gasteiger partial charge in [-0.15, -0.1) is 11.3 Å². The normalized spacial score (nSPS) is 18.9. The maximum Gasteiger partial charge on any atom is 0.246 e. The van der Waals surface area contributed by atoms with Gasteiger partial charge in [-0.3, -0.25) is 14.4 Å². The third-order valence-corrected chi connectivity index (χ3v) is 7.03. The lowest BCUT2D eigenvalue weighted by atomic mass is 9.85. The van der Waals surface area contributed by atoms with E-state index in [2.05, 4.69) is 15.6 Å². The van der Waals surface area contributed by atoms with Gasteiger partial charge in [0, 0.05) is 25.9 Å². The van der Waals surface area contributed by atoms with Crippen LogP contribution in [0.3, 0.4) is 0 Å². The highest BCUT2D eigenvalue weighted by molar-refractivity contribution is 7.13. The lowest BCUT2D eigenvalue weighted by Gasteiger charge is -2.35. The van der Waals surface area contributed by atoms with E-state index < -0.39 is 35.4 Å². The largest absolute Gasteiger partial charge is 0.396 e. The fraction of sp³-hybridized carbons (Fsp3) is 0.520. The van der Waals surface area contributed by atoms with E-state index in [-0.39, 0.29) is 38.4 Å². The molecule has 1 saturated heterocycles. The van der Waals surface area contributed by atoms with Crippen LogP contribution in [0.15, 0.2) is 29.8 Å². The summed E-state index contributed by atoms with van der Waals surface area (Å²) >= 11 is 1.58. The summed E-state index contributed by atoms with van der Waals surface area (Å²) < 4.78 is 0. The third kappa shape index (κ3) is 6.65. The van der Waals surface area contributed by atoms with Crippen molar-refractivity contribution in [2.75, 3.05) is 13.2 Å². The van der Waals surface area contributed by atoms with Gasteiger partial charge < -0.3 is 25.7 Å². The van der Waals surface area contributed by atoms with Crippen molar-refractivity contribution < 1.29 is 24.6 Å². The van der Waals surface area contributed by atoms with Gasteiger partial charge in [0.1, 0.15) is 12.1 Å². The second-order valence-corrected chi connectivity index (χ2v) is 10.8. The molecule has 0 spiro atoms. The van der Waals surface area contributed by atoms with E-state index >= 15 is 0 Å². The number of rotatable bonds is 8. The van der Waals surface area contributed by atoms with Crippen molar-refractivity contribution >= 4 is 29.1 Å². The molecule has 0 saturated carbocycles. The molecule has 4 N–H and O–H groups in total. The summed E-state index contributed by atoms with van der Waals surface area (Å²) in [7, 11) is 0. The molecule has 1 fully saturated rings. The molecule has 3 atom stereocenters.